The third kappa shape index (κ3) is 2.77. The zero-order valence-corrected chi connectivity index (χ0v) is 10.6. The highest BCUT2D eigenvalue weighted by atomic mass is 16.6. The van der Waals surface area contributed by atoms with Crippen molar-refractivity contribution >= 4 is 17.3 Å². The predicted octanol–water partition coefficient (Wildman–Crippen LogP) is 2.53. The zero-order valence-electron chi connectivity index (χ0n) is 10.6. The molecule has 0 radical (unpaired) electrons. The molecule has 1 N–H and O–H groups in total. The van der Waals surface area contributed by atoms with E-state index < -0.39 is 10.9 Å². The number of anilines is 1. The van der Waals surface area contributed by atoms with Crippen LogP contribution < -0.4 is 4.90 Å². The third-order valence-corrected chi connectivity index (χ3v) is 3.05. The lowest BCUT2D eigenvalue weighted by molar-refractivity contribution is -0.384. The standard InChI is InChI=1S/C12H16N2O4/c1-4-8(2)13(3)11-6-5-9(14(17)18)7-10(11)12(15)16/h5-8H,4H2,1-3H3,(H,15,16). The van der Waals surface area contributed by atoms with Crippen LogP contribution in [0.3, 0.4) is 0 Å². The predicted molar refractivity (Wildman–Crippen MR) is 68.2 cm³/mol. The molecule has 0 saturated carbocycles. The molecular formula is C12H16N2O4. The van der Waals surface area contributed by atoms with Gasteiger partial charge in [-0.25, -0.2) is 4.79 Å². The summed E-state index contributed by atoms with van der Waals surface area (Å²) in [6.07, 6.45) is 0.854. The number of nitro groups is 1. The molecule has 0 aliphatic carbocycles. The van der Waals surface area contributed by atoms with Gasteiger partial charge in [-0.15, -0.1) is 0 Å². The molecule has 0 heterocycles. The van der Waals surface area contributed by atoms with Gasteiger partial charge in [0.25, 0.3) is 5.69 Å². The molecule has 0 saturated heterocycles. The van der Waals surface area contributed by atoms with Crippen LogP contribution >= 0.6 is 0 Å². The number of rotatable bonds is 5. The number of benzene rings is 1. The van der Waals surface area contributed by atoms with E-state index in [1.54, 1.807) is 7.05 Å². The van der Waals surface area contributed by atoms with E-state index in [9.17, 15) is 14.9 Å². The number of hydrogen-bond donors (Lipinski definition) is 1. The van der Waals surface area contributed by atoms with Gasteiger partial charge < -0.3 is 10.0 Å². The quantitative estimate of drug-likeness (QED) is 0.643. The second kappa shape index (κ2) is 5.48. The summed E-state index contributed by atoms with van der Waals surface area (Å²) in [6.45, 7) is 3.96. The van der Waals surface area contributed by atoms with Gasteiger partial charge in [0.15, 0.2) is 0 Å². The van der Waals surface area contributed by atoms with Gasteiger partial charge in [0.05, 0.1) is 16.2 Å². The molecule has 1 atom stereocenters. The molecule has 1 aromatic carbocycles. The van der Waals surface area contributed by atoms with Gasteiger partial charge in [-0.1, -0.05) is 6.92 Å². The summed E-state index contributed by atoms with van der Waals surface area (Å²) in [5.41, 5.74) is 0.225. The van der Waals surface area contributed by atoms with Crippen molar-refractivity contribution in [2.24, 2.45) is 0 Å². The SMILES string of the molecule is CCC(C)N(C)c1ccc([N+](=O)[O-])cc1C(=O)O. The Balaban J connectivity index is 3.27. The third-order valence-electron chi connectivity index (χ3n) is 3.05. The van der Waals surface area contributed by atoms with Gasteiger partial charge in [0.2, 0.25) is 0 Å². The van der Waals surface area contributed by atoms with E-state index in [-0.39, 0.29) is 17.3 Å². The molecule has 0 bridgehead atoms. The van der Waals surface area contributed by atoms with Crippen molar-refractivity contribution in [2.75, 3.05) is 11.9 Å². The van der Waals surface area contributed by atoms with E-state index >= 15 is 0 Å². The molecule has 0 fully saturated rings. The molecule has 1 rings (SSSR count). The maximum absolute atomic E-state index is 11.2. The van der Waals surface area contributed by atoms with Gasteiger partial charge in [0, 0.05) is 25.2 Å². The fourth-order valence-electron chi connectivity index (χ4n) is 1.63. The van der Waals surface area contributed by atoms with Gasteiger partial charge >= 0.3 is 5.97 Å². The monoisotopic (exact) mass is 252 g/mol. The van der Waals surface area contributed by atoms with Crippen LogP contribution in [0.25, 0.3) is 0 Å². The van der Waals surface area contributed by atoms with E-state index in [1.807, 2.05) is 18.7 Å². The van der Waals surface area contributed by atoms with Gasteiger partial charge in [0.1, 0.15) is 0 Å². The Morgan fingerprint density at radius 1 is 1.56 bits per heavy atom. The lowest BCUT2D eigenvalue weighted by Gasteiger charge is -2.27. The minimum absolute atomic E-state index is 0.0491. The molecule has 98 valence electrons. The Kier molecular flexibility index (Phi) is 4.25. The minimum atomic E-state index is -1.16. The Labute approximate surface area is 105 Å². The number of carboxylic acids is 1. The maximum Gasteiger partial charge on any atom is 0.338 e. The normalized spacial score (nSPS) is 11.9. The molecule has 1 aromatic rings. The number of nitrogens with zero attached hydrogens (tertiary/aromatic N) is 2. The molecule has 1 unspecified atom stereocenters. The number of hydrogen-bond acceptors (Lipinski definition) is 4. The van der Waals surface area contributed by atoms with Crippen molar-refractivity contribution in [3.63, 3.8) is 0 Å². The van der Waals surface area contributed by atoms with Gasteiger partial charge in [-0.2, -0.15) is 0 Å². The topological polar surface area (TPSA) is 83.7 Å². The number of carbonyl (C=O) groups is 1. The van der Waals surface area contributed by atoms with E-state index in [1.165, 1.54) is 12.1 Å². The molecular weight excluding hydrogens is 236 g/mol. The molecule has 0 spiro atoms. The maximum atomic E-state index is 11.2. The Morgan fingerprint density at radius 2 is 2.17 bits per heavy atom. The van der Waals surface area contributed by atoms with Crippen molar-refractivity contribution in [3.8, 4) is 0 Å². The number of non-ortho nitro benzene ring substituents is 1. The van der Waals surface area contributed by atoms with Crippen molar-refractivity contribution in [1.82, 2.24) is 0 Å². The summed E-state index contributed by atoms with van der Waals surface area (Å²) in [5, 5.41) is 19.8. The van der Waals surface area contributed by atoms with Crippen LogP contribution in [0.15, 0.2) is 18.2 Å². The largest absolute Gasteiger partial charge is 0.478 e. The summed E-state index contributed by atoms with van der Waals surface area (Å²) < 4.78 is 0. The second-order valence-electron chi connectivity index (χ2n) is 4.13. The van der Waals surface area contributed by atoms with Gasteiger partial charge in [-0.05, 0) is 19.4 Å². The van der Waals surface area contributed by atoms with Crippen LogP contribution in [0.4, 0.5) is 11.4 Å². The Bertz CT molecular complexity index is 473. The van der Waals surface area contributed by atoms with Crippen molar-refractivity contribution in [3.05, 3.63) is 33.9 Å². The molecule has 0 amide bonds. The lowest BCUT2D eigenvalue weighted by Crippen LogP contribution is -2.29. The summed E-state index contributed by atoms with van der Waals surface area (Å²) in [5.74, 6) is -1.16. The first kappa shape index (κ1) is 14.0. The summed E-state index contributed by atoms with van der Waals surface area (Å²) in [4.78, 5) is 23.0. The first-order chi connectivity index (χ1) is 8.38. The van der Waals surface area contributed by atoms with E-state index in [2.05, 4.69) is 0 Å². The lowest BCUT2D eigenvalue weighted by atomic mass is 10.1. The number of aromatic carboxylic acids is 1. The second-order valence-corrected chi connectivity index (χ2v) is 4.13. The van der Waals surface area contributed by atoms with Crippen molar-refractivity contribution < 1.29 is 14.8 Å². The zero-order chi connectivity index (χ0) is 13.9. The minimum Gasteiger partial charge on any atom is -0.478 e. The smallest absolute Gasteiger partial charge is 0.338 e. The van der Waals surface area contributed by atoms with Crippen LogP contribution in [0.5, 0.6) is 0 Å². The molecule has 6 nitrogen and oxygen atoms in total. The number of carboxylic acid groups (broad SMARTS) is 1. The van der Waals surface area contributed by atoms with Crippen LogP contribution in [0.2, 0.25) is 0 Å². The van der Waals surface area contributed by atoms with Crippen molar-refractivity contribution in [1.29, 1.82) is 0 Å². The highest BCUT2D eigenvalue weighted by molar-refractivity contribution is 5.95. The summed E-state index contributed by atoms with van der Waals surface area (Å²) in [7, 11) is 1.78. The van der Waals surface area contributed by atoms with Crippen LogP contribution in [0, 0.1) is 10.1 Å². The molecule has 18 heavy (non-hydrogen) atoms. The average Bonchev–Trinajstić information content (AvgIpc) is 2.35. The number of nitro benzene ring substituents is 1. The van der Waals surface area contributed by atoms with Gasteiger partial charge in [-0.3, -0.25) is 10.1 Å². The van der Waals surface area contributed by atoms with Crippen LogP contribution in [-0.2, 0) is 0 Å². The fraction of sp³-hybridized carbons (Fsp3) is 0.417. The van der Waals surface area contributed by atoms with Crippen molar-refractivity contribution in [2.45, 2.75) is 26.3 Å². The van der Waals surface area contributed by atoms with Crippen LogP contribution in [0.1, 0.15) is 30.6 Å². The molecule has 0 aliphatic rings. The Hall–Kier alpha value is -2.11. The Morgan fingerprint density at radius 3 is 2.61 bits per heavy atom. The first-order valence-corrected chi connectivity index (χ1v) is 5.63. The molecule has 6 heteroatoms. The van der Waals surface area contributed by atoms with Crippen LogP contribution in [-0.4, -0.2) is 29.1 Å². The highest BCUT2D eigenvalue weighted by Gasteiger charge is 2.20. The first-order valence-electron chi connectivity index (χ1n) is 5.63. The summed E-state index contributed by atoms with van der Waals surface area (Å²) in [6, 6.07) is 4.05. The van der Waals surface area contributed by atoms with E-state index in [0.717, 1.165) is 12.5 Å². The molecule has 0 aromatic heterocycles. The van der Waals surface area contributed by atoms with E-state index in [4.69, 9.17) is 5.11 Å². The average molecular weight is 252 g/mol. The van der Waals surface area contributed by atoms with E-state index in [0.29, 0.717) is 5.69 Å². The molecule has 0 aliphatic heterocycles. The summed E-state index contributed by atoms with van der Waals surface area (Å²) >= 11 is 0. The fourth-order valence-corrected chi connectivity index (χ4v) is 1.63. The highest BCUT2D eigenvalue weighted by Crippen LogP contribution is 2.26.